The van der Waals surface area contributed by atoms with Crippen molar-refractivity contribution in [3.63, 3.8) is 0 Å². The van der Waals surface area contributed by atoms with Crippen LogP contribution < -0.4 is 5.32 Å². The molecule has 0 radical (unpaired) electrons. The molecule has 1 aliphatic carbocycles. The van der Waals surface area contributed by atoms with Gasteiger partial charge in [-0.3, -0.25) is 4.98 Å². The molecule has 0 amide bonds. The van der Waals surface area contributed by atoms with E-state index in [0.29, 0.717) is 6.42 Å². The quantitative estimate of drug-likeness (QED) is 0.635. The van der Waals surface area contributed by atoms with Crippen molar-refractivity contribution in [2.24, 2.45) is 0 Å². The molecule has 0 fully saturated rings. The van der Waals surface area contributed by atoms with Crippen molar-refractivity contribution in [1.82, 2.24) is 4.98 Å². The molecule has 1 heterocycles. The van der Waals surface area contributed by atoms with Gasteiger partial charge in [0.2, 0.25) is 0 Å². The molecule has 27 heavy (non-hydrogen) atoms. The van der Waals surface area contributed by atoms with E-state index >= 15 is 0 Å². The van der Waals surface area contributed by atoms with E-state index in [4.69, 9.17) is 10.1 Å². The standard InChI is InChI=1S/C23H24N2O.ClH/c1-16-4-2-5-18(14-16)22-15-23(20-6-3-7-21(20)25-22)24-19-10-8-17(9-11-19)12-13-26;/h2,4-5,8-11,14-15,26H,3,6-7,12-13H2,1H3,(H,24,25);1H. The van der Waals surface area contributed by atoms with Gasteiger partial charge >= 0.3 is 0 Å². The molecule has 2 N–H and O–H groups in total. The smallest absolute Gasteiger partial charge is 0.0726 e. The van der Waals surface area contributed by atoms with Gasteiger partial charge in [0.25, 0.3) is 0 Å². The lowest BCUT2D eigenvalue weighted by molar-refractivity contribution is 0.299. The fourth-order valence-corrected chi connectivity index (χ4v) is 3.65. The molecule has 0 saturated heterocycles. The van der Waals surface area contributed by atoms with Crippen LogP contribution in [0.25, 0.3) is 11.3 Å². The molecule has 2 aromatic carbocycles. The van der Waals surface area contributed by atoms with Crippen molar-refractivity contribution < 1.29 is 5.11 Å². The maximum absolute atomic E-state index is 9.07. The predicted octanol–water partition coefficient (Wildman–Crippen LogP) is 5.25. The van der Waals surface area contributed by atoms with Gasteiger partial charge in [0.1, 0.15) is 0 Å². The third-order valence-corrected chi connectivity index (χ3v) is 5.00. The Hall–Kier alpha value is -2.36. The second-order valence-corrected chi connectivity index (χ2v) is 7.00. The fourth-order valence-electron chi connectivity index (χ4n) is 3.65. The molecule has 3 nitrogen and oxygen atoms in total. The van der Waals surface area contributed by atoms with E-state index in [9.17, 15) is 0 Å². The fraction of sp³-hybridized carbons (Fsp3) is 0.261. The van der Waals surface area contributed by atoms with Crippen LogP contribution in [0.3, 0.4) is 0 Å². The number of hydrogen-bond acceptors (Lipinski definition) is 3. The highest BCUT2D eigenvalue weighted by Crippen LogP contribution is 2.33. The number of aliphatic hydroxyl groups is 1. The van der Waals surface area contributed by atoms with Crippen molar-refractivity contribution in [1.29, 1.82) is 0 Å². The number of aliphatic hydroxyl groups excluding tert-OH is 1. The van der Waals surface area contributed by atoms with E-state index in [1.54, 1.807) is 0 Å². The zero-order valence-electron chi connectivity index (χ0n) is 15.5. The Kier molecular flexibility index (Phi) is 6.15. The highest BCUT2D eigenvalue weighted by atomic mass is 35.5. The van der Waals surface area contributed by atoms with Crippen LogP contribution in [0.2, 0.25) is 0 Å². The Morgan fingerprint density at radius 2 is 1.85 bits per heavy atom. The summed E-state index contributed by atoms with van der Waals surface area (Å²) in [4.78, 5) is 4.94. The zero-order chi connectivity index (χ0) is 17.9. The number of aryl methyl sites for hydroxylation is 2. The number of nitrogens with zero attached hydrogens (tertiary/aromatic N) is 1. The highest BCUT2D eigenvalue weighted by Gasteiger charge is 2.18. The Balaban J connectivity index is 0.00000210. The maximum atomic E-state index is 9.07. The molecule has 4 heteroatoms. The third kappa shape index (κ3) is 4.32. The summed E-state index contributed by atoms with van der Waals surface area (Å²) in [6.45, 7) is 2.30. The molecule has 0 saturated carbocycles. The molecule has 4 rings (SSSR count). The zero-order valence-corrected chi connectivity index (χ0v) is 16.4. The lowest BCUT2D eigenvalue weighted by Gasteiger charge is -2.14. The normalized spacial score (nSPS) is 12.4. The van der Waals surface area contributed by atoms with Gasteiger partial charge in [0, 0.05) is 29.2 Å². The SMILES string of the molecule is Cc1cccc(-c2cc(Nc3ccc(CCO)cc3)c3c(n2)CCC3)c1.Cl. The molecular weight excluding hydrogens is 356 g/mol. The second-order valence-electron chi connectivity index (χ2n) is 7.00. The molecule has 0 unspecified atom stereocenters. The minimum atomic E-state index is 0. The van der Waals surface area contributed by atoms with Gasteiger partial charge in [-0.05, 0) is 68.0 Å². The minimum Gasteiger partial charge on any atom is -0.396 e. The summed E-state index contributed by atoms with van der Waals surface area (Å²) in [5, 5.41) is 12.7. The molecule has 0 spiro atoms. The van der Waals surface area contributed by atoms with E-state index < -0.39 is 0 Å². The largest absolute Gasteiger partial charge is 0.396 e. The van der Waals surface area contributed by atoms with E-state index in [-0.39, 0.29) is 19.0 Å². The first-order valence-electron chi connectivity index (χ1n) is 9.29. The summed E-state index contributed by atoms with van der Waals surface area (Å²) in [6.07, 6.45) is 4.01. The summed E-state index contributed by atoms with van der Waals surface area (Å²) in [7, 11) is 0. The van der Waals surface area contributed by atoms with Crippen molar-refractivity contribution in [3.05, 3.63) is 77.0 Å². The minimum absolute atomic E-state index is 0. The first kappa shape index (κ1) is 19.4. The topological polar surface area (TPSA) is 45.1 Å². The number of pyridine rings is 1. The van der Waals surface area contributed by atoms with Gasteiger partial charge in [-0.25, -0.2) is 0 Å². The Morgan fingerprint density at radius 3 is 2.59 bits per heavy atom. The number of halogens is 1. The third-order valence-electron chi connectivity index (χ3n) is 5.00. The molecule has 1 aromatic heterocycles. The number of rotatable bonds is 5. The van der Waals surface area contributed by atoms with Crippen LogP contribution in [-0.2, 0) is 19.3 Å². The lowest BCUT2D eigenvalue weighted by atomic mass is 10.0. The number of benzene rings is 2. The first-order valence-corrected chi connectivity index (χ1v) is 9.29. The summed E-state index contributed by atoms with van der Waals surface area (Å²) < 4.78 is 0. The van der Waals surface area contributed by atoms with Gasteiger partial charge in [-0.1, -0.05) is 35.9 Å². The molecule has 0 atom stereocenters. The van der Waals surface area contributed by atoms with E-state index in [1.165, 1.54) is 34.5 Å². The second kappa shape index (κ2) is 8.55. The summed E-state index contributed by atoms with van der Waals surface area (Å²) >= 11 is 0. The molecule has 140 valence electrons. The first-order chi connectivity index (χ1) is 12.7. The molecule has 0 bridgehead atoms. The summed E-state index contributed by atoms with van der Waals surface area (Å²) in [6, 6.07) is 19.0. The van der Waals surface area contributed by atoms with Crippen LogP contribution in [0.1, 0.15) is 28.8 Å². The van der Waals surface area contributed by atoms with Crippen LogP contribution in [0, 0.1) is 6.92 Å². The number of anilines is 2. The number of hydrogen-bond donors (Lipinski definition) is 2. The number of fused-ring (bicyclic) bond motifs is 1. The lowest BCUT2D eigenvalue weighted by Crippen LogP contribution is -2.00. The molecule has 3 aromatic rings. The Labute approximate surface area is 166 Å². The van der Waals surface area contributed by atoms with E-state index in [2.05, 4.69) is 66.8 Å². The maximum Gasteiger partial charge on any atom is 0.0726 e. The molecular formula is C23H25ClN2O. The highest BCUT2D eigenvalue weighted by molar-refractivity contribution is 5.85. The van der Waals surface area contributed by atoms with Crippen LogP contribution in [-0.4, -0.2) is 16.7 Å². The van der Waals surface area contributed by atoms with Crippen molar-refractivity contribution in [2.75, 3.05) is 11.9 Å². The van der Waals surface area contributed by atoms with E-state index in [0.717, 1.165) is 29.8 Å². The van der Waals surface area contributed by atoms with Crippen molar-refractivity contribution >= 4 is 23.8 Å². The van der Waals surface area contributed by atoms with Crippen LogP contribution in [0.5, 0.6) is 0 Å². The molecule has 0 aliphatic heterocycles. The van der Waals surface area contributed by atoms with Gasteiger partial charge in [-0.15, -0.1) is 12.4 Å². The van der Waals surface area contributed by atoms with Crippen LogP contribution in [0.15, 0.2) is 54.6 Å². The van der Waals surface area contributed by atoms with Gasteiger partial charge in [0.15, 0.2) is 0 Å². The predicted molar refractivity (Wildman–Crippen MR) is 114 cm³/mol. The average Bonchev–Trinajstić information content (AvgIpc) is 3.12. The van der Waals surface area contributed by atoms with Crippen LogP contribution >= 0.6 is 12.4 Å². The van der Waals surface area contributed by atoms with E-state index in [1.807, 2.05) is 0 Å². The van der Waals surface area contributed by atoms with Crippen molar-refractivity contribution in [3.8, 4) is 11.3 Å². The summed E-state index contributed by atoms with van der Waals surface area (Å²) in [5.41, 5.74) is 9.41. The average molecular weight is 381 g/mol. The summed E-state index contributed by atoms with van der Waals surface area (Å²) in [5.74, 6) is 0. The van der Waals surface area contributed by atoms with Gasteiger partial charge in [-0.2, -0.15) is 0 Å². The number of aromatic nitrogens is 1. The Morgan fingerprint density at radius 1 is 1.04 bits per heavy atom. The number of nitrogens with one attached hydrogen (secondary N) is 1. The van der Waals surface area contributed by atoms with Crippen LogP contribution in [0.4, 0.5) is 11.4 Å². The molecule has 1 aliphatic rings. The monoisotopic (exact) mass is 380 g/mol. The van der Waals surface area contributed by atoms with Crippen molar-refractivity contribution in [2.45, 2.75) is 32.6 Å². The van der Waals surface area contributed by atoms with Gasteiger partial charge in [0.05, 0.1) is 5.69 Å². The Bertz CT molecular complexity index is 922. The van der Waals surface area contributed by atoms with Gasteiger partial charge < -0.3 is 10.4 Å².